The van der Waals surface area contributed by atoms with Crippen LogP contribution < -0.4 is 11.1 Å². The van der Waals surface area contributed by atoms with Crippen LogP contribution in [-0.2, 0) is 0 Å². The minimum atomic E-state index is 0.208. The summed E-state index contributed by atoms with van der Waals surface area (Å²) in [6, 6.07) is 1.90. The molecule has 16 heavy (non-hydrogen) atoms. The number of nitrogens with zero attached hydrogens (tertiary/aromatic N) is 2. The lowest BCUT2D eigenvalue weighted by atomic mass is 9.93. The summed E-state index contributed by atoms with van der Waals surface area (Å²) in [7, 11) is 4.17. The molecule has 0 aliphatic rings. The van der Waals surface area contributed by atoms with Crippen LogP contribution >= 0.6 is 0 Å². The van der Waals surface area contributed by atoms with Gasteiger partial charge in [-0.05, 0) is 25.6 Å². The molecule has 1 aromatic rings. The summed E-state index contributed by atoms with van der Waals surface area (Å²) in [6.45, 7) is 6.39. The number of hydrogen-bond acceptors (Lipinski definition) is 4. The highest BCUT2D eigenvalue weighted by Crippen LogP contribution is 2.20. The standard InChI is InChI=1S/C12H22N4/c1-12(2,9-16(3)4)8-15-11-5-6-14-7-10(11)13/h5-7H,8-9,13H2,1-4H3,(H,14,15). The number of nitrogen functional groups attached to an aromatic ring is 1. The summed E-state index contributed by atoms with van der Waals surface area (Å²) < 4.78 is 0. The van der Waals surface area contributed by atoms with Crippen molar-refractivity contribution >= 4 is 11.4 Å². The molecule has 4 heteroatoms. The van der Waals surface area contributed by atoms with E-state index in [1.807, 2.05) is 6.07 Å². The second kappa shape index (κ2) is 5.16. The van der Waals surface area contributed by atoms with E-state index in [4.69, 9.17) is 5.73 Å². The van der Waals surface area contributed by atoms with Gasteiger partial charge in [-0.1, -0.05) is 13.8 Å². The van der Waals surface area contributed by atoms with Crippen molar-refractivity contribution in [2.75, 3.05) is 38.2 Å². The molecule has 1 heterocycles. The van der Waals surface area contributed by atoms with Crippen LogP contribution in [0.3, 0.4) is 0 Å². The van der Waals surface area contributed by atoms with Crippen LogP contribution in [0.5, 0.6) is 0 Å². The Morgan fingerprint density at radius 2 is 2.12 bits per heavy atom. The fourth-order valence-corrected chi connectivity index (χ4v) is 1.81. The molecule has 0 bridgehead atoms. The molecular formula is C12H22N4. The summed E-state index contributed by atoms with van der Waals surface area (Å²) in [6.07, 6.45) is 3.42. The maximum atomic E-state index is 5.82. The van der Waals surface area contributed by atoms with Crippen LogP contribution in [0.2, 0.25) is 0 Å². The molecule has 0 saturated carbocycles. The molecule has 4 nitrogen and oxygen atoms in total. The summed E-state index contributed by atoms with van der Waals surface area (Å²) in [4.78, 5) is 6.16. The number of pyridine rings is 1. The molecule has 0 aliphatic carbocycles. The lowest BCUT2D eigenvalue weighted by Crippen LogP contribution is -2.34. The molecule has 0 atom stereocenters. The number of aromatic nitrogens is 1. The van der Waals surface area contributed by atoms with Crippen LogP contribution in [0.25, 0.3) is 0 Å². The quantitative estimate of drug-likeness (QED) is 0.795. The van der Waals surface area contributed by atoms with Crippen molar-refractivity contribution in [1.82, 2.24) is 9.88 Å². The Balaban J connectivity index is 2.54. The van der Waals surface area contributed by atoms with Crippen LogP contribution in [0, 0.1) is 5.41 Å². The van der Waals surface area contributed by atoms with Gasteiger partial charge in [-0.25, -0.2) is 0 Å². The smallest absolute Gasteiger partial charge is 0.0736 e. The summed E-state index contributed by atoms with van der Waals surface area (Å²) in [5.41, 5.74) is 7.68. The molecule has 0 amide bonds. The minimum Gasteiger partial charge on any atom is -0.396 e. The molecule has 0 unspecified atom stereocenters. The summed E-state index contributed by atoms with van der Waals surface area (Å²) in [5, 5.41) is 3.37. The van der Waals surface area contributed by atoms with Gasteiger partial charge in [0.2, 0.25) is 0 Å². The lowest BCUT2D eigenvalue weighted by molar-refractivity contribution is 0.254. The third-order valence-electron chi connectivity index (χ3n) is 2.35. The van der Waals surface area contributed by atoms with Crippen LogP contribution in [0.15, 0.2) is 18.5 Å². The van der Waals surface area contributed by atoms with E-state index in [1.165, 1.54) is 0 Å². The first-order chi connectivity index (χ1) is 7.41. The minimum absolute atomic E-state index is 0.208. The highest BCUT2D eigenvalue weighted by molar-refractivity contribution is 5.64. The first-order valence-electron chi connectivity index (χ1n) is 5.49. The number of nitrogens with one attached hydrogen (secondary N) is 1. The van der Waals surface area contributed by atoms with E-state index in [2.05, 4.69) is 43.1 Å². The molecule has 1 aromatic heterocycles. The average Bonchev–Trinajstić information content (AvgIpc) is 2.14. The van der Waals surface area contributed by atoms with Crippen molar-refractivity contribution in [3.05, 3.63) is 18.5 Å². The molecular weight excluding hydrogens is 200 g/mol. The zero-order valence-corrected chi connectivity index (χ0v) is 10.6. The molecule has 0 radical (unpaired) electrons. The van der Waals surface area contributed by atoms with Gasteiger partial charge >= 0.3 is 0 Å². The van der Waals surface area contributed by atoms with Crippen LogP contribution in [-0.4, -0.2) is 37.1 Å². The molecule has 1 rings (SSSR count). The summed E-state index contributed by atoms with van der Waals surface area (Å²) in [5.74, 6) is 0. The van der Waals surface area contributed by atoms with Gasteiger partial charge in [0.15, 0.2) is 0 Å². The predicted octanol–water partition coefficient (Wildman–Crippen LogP) is 1.66. The largest absolute Gasteiger partial charge is 0.396 e. The number of hydrogen-bond donors (Lipinski definition) is 2. The van der Waals surface area contributed by atoms with Crippen molar-refractivity contribution in [3.63, 3.8) is 0 Å². The third kappa shape index (κ3) is 4.06. The van der Waals surface area contributed by atoms with E-state index < -0.39 is 0 Å². The molecule has 0 fully saturated rings. The Labute approximate surface area is 97.9 Å². The Kier molecular flexibility index (Phi) is 4.12. The number of rotatable bonds is 5. The predicted molar refractivity (Wildman–Crippen MR) is 69.5 cm³/mol. The monoisotopic (exact) mass is 222 g/mol. The Hall–Kier alpha value is -1.29. The molecule has 0 aliphatic heterocycles. The maximum absolute atomic E-state index is 5.82. The van der Waals surface area contributed by atoms with Gasteiger partial charge in [-0.3, -0.25) is 4.98 Å². The van der Waals surface area contributed by atoms with Crippen molar-refractivity contribution in [2.24, 2.45) is 5.41 Å². The zero-order valence-electron chi connectivity index (χ0n) is 10.6. The van der Waals surface area contributed by atoms with Crippen molar-refractivity contribution in [2.45, 2.75) is 13.8 Å². The average molecular weight is 222 g/mol. The van der Waals surface area contributed by atoms with Gasteiger partial charge in [0.25, 0.3) is 0 Å². The maximum Gasteiger partial charge on any atom is 0.0736 e. The van der Waals surface area contributed by atoms with E-state index in [0.717, 1.165) is 18.8 Å². The zero-order chi connectivity index (χ0) is 12.2. The van der Waals surface area contributed by atoms with Crippen molar-refractivity contribution in [1.29, 1.82) is 0 Å². The molecule has 0 aromatic carbocycles. The van der Waals surface area contributed by atoms with Gasteiger partial charge < -0.3 is 16.0 Å². The fourth-order valence-electron chi connectivity index (χ4n) is 1.81. The van der Waals surface area contributed by atoms with Crippen molar-refractivity contribution in [3.8, 4) is 0 Å². The van der Waals surface area contributed by atoms with E-state index in [9.17, 15) is 0 Å². The molecule has 0 spiro atoms. The van der Waals surface area contributed by atoms with Gasteiger partial charge in [0.1, 0.15) is 0 Å². The first-order valence-corrected chi connectivity index (χ1v) is 5.49. The summed E-state index contributed by atoms with van der Waals surface area (Å²) >= 11 is 0. The molecule has 3 N–H and O–H groups in total. The first kappa shape index (κ1) is 12.8. The topological polar surface area (TPSA) is 54.2 Å². The van der Waals surface area contributed by atoms with E-state index >= 15 is 0 Å². The lowest BCUT2D eigenvalue weighted by Gasteiger charge is -2.29. The molecule has 0 saturated heterocycles. The van der Waals surface area contributed by atoms with E-state index in [-0.39, 0.29) is 5.41 Å². The number of anilines is 2. The van der Waals surface area contributed by atoms with Crippen LogP contribution in [0.4, 0.5) is 11.4 Å². The highest BCUT2D eigenvalue weighted by atomic mass is 15.1. The Bertz CT molecular complexity index is 334. The normalized spacial score (nSPS) is 11.8. The van der Waals surface area contributed by atoms with E-state index in [0.29, 0.717) is 5.69 Å². The van der Waals surface area contributed by atoms with Gasteiger partial charge in [0, 0.05) is 19.3 Å². The SMILES string of the molecule is CN(C)CC(C)(C)CNc1ccncc1N. The third-order valence-corrected chi connectivity index (χ3v) is 2.35. The fraction of sp³-hybridized carbons (Fsp3) is 0.583. The Morgan fingerprint density at radius 1 is 1.44 bits per heavy atom. The van der Waals surface area contributed by atoms with Gasteiger partial charge in [0.05, 0.1) is 17.6 Å². The van der Waals surface area contributed by atoms with E-state index in [1.54, 1.807) is 12.4 Å². The number of nitrogens with two attached hydrogens (primary N) is 1. The van der Waals surface area contributed by atoms with Gasteiger partial charge in [-0.15, -0.1) is 0 Å². The Morgan fingerprint density at radius 3 is 2.69 bits per heavy atom. The second-order valence-electron chi connectivity index (χ2n) is 5.22. The van der Waals surface area contributed by atoms with Crippen LogP contribution in [0.1, 0.15) is 13.8 Å². The second-order valence-corrected chi connectivity index (χ2v) is 5.22. The van der Waals surface area contributed by atoms with Gasteiger partial charge in [-0.2, -0.15) is 0 Å². The molecule has 90 valence electrons. The van der Waals surface area contributed by atoms with Crippen molar-refractivity contribution < 1.29 is 0 Å². The highest BCUT2D eigenvalue weighted by Gasteiger charge is 2.18.